The van der Waals surface area contributed by atoms with Crippen molar-refractivity contribution in [2.24, 2.45) is 0 Å². The monoisotopic (exact) mass is 396 g/mol. The van der Waals surface area contributed by atoms with Crippen LogP contribution < -0.4 is 5.56 Å². The molecule has 0 saturated carbocycles. The van der Waals surface area contributed by atoms with Gasteiger partial charge in [0.15, 0.2) is 0 Å². The molecule has 0 amide bonds. The summed E-state index contributed by atoms with van der Waals surface area (Å²) in [5.74, 6) is -0.416. The second kappa shape index (κ2) is 7.19. The van der Waals surface area contributed by atoms with Gasteiger partial charge in [-0.2, -0.15) is 0 Å². The van der Waals surface area contributed by atoms with Crippen molar-refractivity contribution in [3.05, 3.63) is 106 Å². The van der Waals surface area contributed by atoms with Crippen LogP contribution in [-0.2, 0) is 9.53 Å². The third-order valence-corrected chi connectivity index (χ3v) is 5.44. The Bertz CT molecular complexity index is 1350. The molecule has 0 aliphatic carbocycles. The summed E-state index contributed by atoms with van der Waals surface area (Å²) in [7, 11) is 0. The van der Waals surface area contributed by atoms with Crippen LogP contribution in [0.1, 0.15) is 24.1 Å². The second-order valence-corrected chi connectivity index (χ2v) is 7.16. The molecule has 1 aliphatic heterocycles. The van der Waals surface area contributed by atoms with Gasteiger partial charge in [-0.15, -0.1) is 0 Å². The minimum absolute atomic E-state index is 0.0938. The lowest BCUT2D eigenvalue weighted by Gasteiger charge is -2.32. The minimum atomic E-state index is -0.453. The van der Waals surface area contributed by atoms with E-state index in [2.05, 4.69) is 0 Å². The minimum Gasteiger partial charge on any atom is -0.463 e. The first-order valence-electron chi connectivity index (χ1n) is 9.96. The average molecular weight is 396 g/mol. The number of fused-ring (bicyclic) bond motifs is 5. The molecular formula is C25H20N2O3. The van der Waals surface area contributed by atoms with E-state index in [9.17, 15) is 9.59 Å². The van der Waals surface area contributed by atoms with E-state index in [-0.39, 0.29) is 5.56 Å². The number of ether oxygens (including phenoxy) is 1. The summed E-state index contributed by atoms with van der Waals surface area (Å²) >= 11 is 0. The SMILES string of the molecule is CCOC(=O)/C=C1/c2ccccc2-n2c3ccccc3c(=O)n2C1c1ccccc1. The maximum absolute atomic E-state index is 13.5. The Balaban J connectivity index is 1.91. The zero-order valence-corrected chi connectivity index (χ0v) is 16.5. The molecule has 1 unspecified atom stereocenters. The number of nitrogens with zero attached hydrogens (tertiary/aromatic N) is 2. The molecule has 2 heterocycles. The Morgan fingerprint density at radius 2 is 1.67 bits per heavy atom. The molecule has 30 heavy (non-hydrogen) atoms. The molecule has 5 nitrogen and oxygen atoms in total. The van der Waals surface area contributed by atoms with Crippen LogP contribution in [-0.4, -0.2) is 21.9 Å². The van der Waals surface area contributed by atoms with Gasteiger partial charge >= 0.3 is 5.97 Å². The summed E-state index contributed by atoms with van der Waals surface area (Å²) < 4.78 is 8.92. The number of carbonyl (C=O) groups is 1. The van der Waals surface area contributed by atoms with Gasteiger partial charge in [-0.25, -0.2) is 14.2 Å². The van der Waals surface area contributed by atoms with Gasteiger partial charge in [0.2, 0.25) is 0 Å². The zero-order chi connectivity index (χ0) is 20.7. The van der Waals surface area contributed by atoms with Crippen LogP contribution in [0.5, 0.6) is 0 Å². The summed E-state index contributed by atoms with van der Waals surface area (Å²) in [5, 5.41) is 0.644. The topological polar surface area (TPSA) is 53.2 Å². The lowest BCUT2D eigenvalue weighted by Crippen LogP contribution is -2.33. The highest BCUT2D eigenvalue weighted by molar-refractivity contribution is 5.96. The van der Waals surface area contributed by atoms with Crippen molar-refractivity contribution >= 4 is 22.4 Å². The van der Waals surface area contributed by atoms with Crippen LogP contribution in [0.25, 0.3) is 22.2 Å². The molecule has 5 heteroatoms. The molecular weight excluding hydrogens is 376 g/mol. The van der Waals surface area contributed by atoms with Crippen LogP contribution in [0.2, 0.25) is 0 Å². The number of carbonyl (C=O) groups excluding carboxylic acids is 1. The van der Waals surface area contributed by atoms with E-state index in [1.54, 1.807) is 11.6 Å². The molecule has 5 rings (SSSR count). The van der Waals surface area contributed by atoms with Crippen molar-refractivity contribution in [3.63, 3.8) is 0 Å². The van der Waals surface area contributed by atoms with Gasteiger partial charge in [0.1, 0.15) is 6.04 Å². The Hall–Kier alpha value is -3.86. The van der Waals surface area contributed by atoms with Crippen molar-refractivity contribution in [1.82, 2.24) is 9.36 Å². The van der Waals surface area contributed by atoms with E-state index < -0.39 is 12.0 Å². The zero-order valence-electron chi connectivity index (χ0n) is 16.5. The van der Waals surface area contributed by atoms with Crippen molar-refractivity contribution < 1.29 is 9.53 Å². The molecule has 1 aliphatic rings. The van der Waals surface area contributed by atoms with Crippen molar-refractivity contribution in [3.8, 4) is 5.69 Å². The van der Waals surface area contributed by atoms with Crippen LogP contribution in [0.4, 0.5) is 0 Å². The summed E-state index contributed by atoms with van der Waals surface area (Å²) in [6, 6.07) is 24.8. The van der Waals surface area contributed by atoms with E-state index in [0.29, 0.717) is 12.0 Å². The van der Waals surface area contributed by atoms with Gasteiger partial charge < -0.3 is 4.74 Å². The number of rotatable bonds is 3. The fourth-order valence-corrected chi connectivity index (χ4v) is 4.25. The lowest BCUT2D eigenvalue weighted by molar-refractivity contribution is -0.137. The highest BCUT2D eigenvalue weighted by Gasteiger charge is 2.33. The van der Waals surface area contributed by atoms with E-state index >= 15 is 0 Å². The standard InChI is InChI=1S/C25H20N2O3/c1-2-30-23(28)16-20-18-12-6-8-14-21(18)26-22-15-9-7-13-19(22)25(29)27(26)24(20)17-10-4-3-5-11-17/h3-16,24H,2H2,1H3/b20-16-. The number of hydrogen-bond acceptors (Lipinski definition) is 3. The van der Waals surface area contributed by atoms with Crippen LogP contribution in [0.3, 0.4) is 0 Å². The van der Waals surface area contributed by atoms with Gasteiger partial charge in [-0.1, -0.05) is 60.7 Å². The highest BCUT2D eigenvalue weighted by Crippen LogP contribution is 2.41. The van der Waals surface area contributed by atoms with E-state index in [1.165, 1.54) is 6.08 Å². The molecule has 0 saturated heterocycles. The first-order chi connectivity index (χ1) is 14.7. The number of aromatic nitrogens is 2. The predicted molar refractivity (Wildman–Crippen MR) is 117 cm³/mol. The predicted octanol–water partition coefficient (Wildman–Crippen LogP) is 4.34. The fourth-order valence-electron chi connectivity index (χ4n) is 4.25. The quantitative estimate of drug-likeness (QED) is 0.382. The summed E-state index contributed by atoms with van der Waals surface area (Å²) in [6.07, 6.45) is 1.52. The molecule has 0 radical (unpaired) electrons. The van der Waals surface area contributed by atoms with Crippen LogP contribution in [0, 0.1) is 0 Å². The van der Waals surface area contributed by atoms with E-state index in [1.807, 2.05) is 83.5 Å². The van der Waals surface area contributed by atoms with E-state index in [4.69, 9.17) is 4.74 Å². The number of esters is 1. The number of para-hydroxylation sites is 2. The molecule has 0 spiro atoms. The summed E-state index contributed by atoms with van der Waals surface area (Å²) in [6.45, 7) is 2.07. The van der Waals surface area contributed by atoms with Crippen LogP contribution >= 0.6 is 0 Å². The number of hydrogen-bond donors (Lipinski definition) is 0. The van der Waals surface area contributed by atoms with Crippen molar-refractivity contribution in [2.75, 3.05) is 6.61 Å². The Labute approximate surface area is 173 Å². The van der Waals surface area contributed by atoms with Gasteiger partial charge in [0.25, 0.3) is 5.56 Å². The molecule has 0 fully saturated rings. The highest BCUT2D eigenvalue weighted by atomic mass is 16.5. The number of allylic oxidation sites excluding steroid dienone is 1. The summed E-state index contributed by atoms with van der Waals surface area (Å²) in [5.41, 5.74) is 4.18. The fraction of sp³-hybridized carbons (Fsp3) is 0.120. The number of benzene rings is 3. The maximum Gasteiger partial charge on any atom is 0.331 e. The molecule has 4 aromatic rings. The normalized spacial score (nSPS) is 16.3. The smallest absolute Gasteiger partial charge is 0.331 e. The Morgan fingerprint density at radius 3 is 2.47 bits per heavy atom. The van der Waals surface area contributed by atoms with Gasteiger partial charge in [-0.3, -0.25) is 4.79 Å². The largest absolute Gasteiger partial charge is 0.463 e. The Kier molecular flexibility index (Phi) is 4.36. The molecule has 1 aromatic heterocycles. The van der Waals surface area contributed by atoms with Crippen molar-refractivity contribution in [2.45, 2.75) is 13.0 Å². The maximum atomic E-state index is 13.5. The summed E-state index contributed by atoms with van der Waals surface area (Å²) in [4.78, 5) is 26.0. The van der Waals surface area contributed by atoms with Gasteiger partial charge in [0, 0.05) is 11.6 Å². The van der Waals surface area contributed by atoms with Crippen molar-refractivity contribution in [1.29, 1.82) is 0 Å². The Morgan fingerprint density at radius 1 is 0.967 bits per heavy atom. The lowest BCUT2D eigenvalue weighted by atomic mass is 9.90. The molecule has 1 atom stereocenters. The van der Waals surface area contributed by atoms with E-state index in [0.717, 1.165) is 27.9 Å². The van der Waals surface area contributed by atoms with Crippen LogP contribution in [0.15, 0.2) is 89.7 Å². The second-order valence-electron chi connectivity index (χ2n) is 7.16. The first kappa shape index (κ1) is 18.2. The third-order valence-electron chi connectivity index (χ3n) is 5.44. The first-order valence-corrected chi connectivity index (χ1v) is 9.96. The molecule has 0 N–H and O–H groups in total. The molecule has 3 aromatic carbocycles. The molecule has 148 valence electrons. The van der Waals surface area contributed by atoms with Gasteiger partial charge in [0.05, 0.1) is 23.2 Å². The molecule has 0 bridgehead atoms. The average Bonchev–Trinajstić information content (AvgIpc) is 3.08. The third kappa shape index (κ3) is 2.70. The van der Waals surface area contributed by atoms with Gasteiger partial charge in [-0.05, 0) is 36.3 Å².